The van der Waals surface area contributed by atoms with Gasteiger partial charge in [-0.1, -0.05) is 0 Å². The lowest BCUT2D eigenvalue weighted by atomic mass is 10.2. The molecule has 5 heteroatoms. The summed E-state index contributed by atoms with van der Waals surface area (Å²) < 4.78 is 4.71. The summed E-state index contributed by atoms with van der Waals surface area (Å²) in [5.41, 5.74) is 2.49. The number of thiophene rings is 1. The van der Waals surface area contributed by atoms with E-state index in [-0.39, 0.29) is 5.97 Å². The van der Waals surface area contributed by atoms with Crippen LogP contribution in [0.25, 0.3) is 0 Å². The van der Waals surface area contributed by atoms with E-state index in [0.717, 1.165) is 11.3 Å². The van der Waals surface area contributed by atoms with Crippen molar-refractivity contribution in [1.82, 2.24) is 4.98 Å². The second-order valence-electron chi connectivity index (χ2n) is 3.40. The number of nitrogens with zero attached hydrogens (tertiary/aromatic N) is 1. The molecule has 2 heterocycles. The predicted molar refractivity (Wildman–Crippen MR) is 67.2 cm³/mol. The summed E-state index contributed by atoms with van der Waals surface area (Å²) in [5, 5.41) is 6.88. The Balaban J connectivity index is 2.05. The summed E-state index contributed by atoms with van der Waals surface area (Å²) >= 11 is 1.47. The highest BCUT2D eigenvalue weighted by Crippen LogP contribution is 2.22. The zero-order chi connectivity index (χ0) is 12.1. The highest BCUT2D eigenvalue weighted by atomic mass is 32.1. The minimum absolute atomic E-state index is 0.316. The fourth-order valence-corrected chi connectivity index (χ4v) is 2.17. The lowest BCUT2D eigenvalue weighted by molar-refractivity contribution is 0.0602. The van der Waals surface area contributed by atoms with E-state index >= 15 is 0 Å². The number of pyridine rings is 1. The molecule has 0 fully saturated rings. The van der Waals surface area contributed by atoms with Crippen molar-refractivity contribution in [2.45, 2.75) is 6.54 Å². The van der Waals surface area contributed by atoms with Gasteiger partial charge in [0.05, 0.1) is 18.4 Å². The number of hydrogen-bond donors (Lipinski definition) is 1. The SMILES string of the molecule is COC(=O)c1cscc1NCc1ccncc1. The van der Waals surface area contributed by atoms with Crippen molar-refractivity contribution < 1.29 is 9.53 Å². The number of rotatable bonds is 4. The van der Waals surface area contributed by atoms with Crippen LogP contribution < -0.4 is 5.32 Å². The third kappa shape index (κ3) is 2.82. The fraction of sp³-hybridized carbons (Fsp3) is 0.167. The maximum atomic E-state index is 11.4. The van der Waals surface area contributed by atoms with Crippen LogP contribution in [0, 0.1) is 0 Å². The van der Waals surface area contributed by atoms with Gasteiger partial charge in [-0.3, -0.25) is 4.98 Å². The average Bonchev–Trinajstić information content (AvgIpc) is 2.85. The number of carbonyl (C=O) groups is 1. The molecule has 0 atom stereocenters. The van der Waals surface area contributed by atoms with Gasteiger partial charge in [0.25, 0.3) is 0 Å². The normalized spacial score (nSPS) is 9.94. The summed E-state index contributed by atoms with van der Waals surface area (Å²) in [7, 11) is 1.38. The first kappa shape index (κ1) is 11.6. The Morgan fingerprint density at radius 3 is 2.88 bits per heavy atom. The highest BCUT2D eigenvalue weighted by Gasteiger charge is 2.12. The van der Waals surface area contributed by atoms with Crippen molar-refractivity contribution in [2.75, 3.05) is 12.4 Å². The first-order chi connectivity index (χ1) is 8.31. The largest absolute Gasteiger partial charge is 0.465 e. The maximum Gasteiger partial charge on any atom is 0.340 e. The minimum Gasteiger partial charge on any atom is -0.465 e. The number of methoxy groups -OCH3 is 1. The lowest BCUT2D eigenvalue weighted by Crippen LogP contribution is -2.06. The summed E-state index contributed by atoms with van der Waals surface area (Å²) in [5.74, 6) is -0.316. The summed E-state index contributed by atoms with van der Waals surface area (Å²) in [6.45, 7) is 0.656. The van der Waals surface area contributed by atoms with Crippen molar-refractivity contribution >= 4 is 23.0 Å². The molecule has 0 aliphatic carbocycles. The molecule has 88 valence electrons. The minimum atomic E-state index is -0.316. The average molecular weight is 248 g/mol. The smallest absolute Gasteiger partial charge is 0.340 e. The van der Waals surface area contributed by atoms with E-state index in [0.29, 0.717) is 12.1 Å². The van der Waals surface area contributed by atoms with Gasteiger partial charge in [0.1, 0.15) is 0 Å². The maximum absolute atomic E-state index is 11.4. The van der Waals surface area contributed by atoms with Crippen LogP contribution in [0.15, 0.2) is 35.3 Å². The van der Waals surface area contributed by atoms with Crippen molar-refractivity contribution in [3.05, 3.63) is 46.4 Å². The summed E-state index contributed by atoms with van der Waals surface area (Å²) in [6, 6.07) is 3.86. The predicted octanol–water partition coefficient (Wildman–Crippen LogP) is 2.54. The van der Waals surface area contributed by atoms with E-state index in [2.05, 4.69) is 10.3 Å². The molecule has 4 nitrogen and oxygen atoms in total. The summed E-state index contributed by atoms with van der Waals surface area (Å²) in [4.78, 5) is 15.4. The zero-order valence-corrected chi connectivity index (χ0v) is 10.2. The standard InChI is InChI=1S/C12H12N2O2S/c1-16-12(15)10-7-17-8-11(10)14-6-9-2-4-13-5-3-9/h2-5,7-8,14H,6H2,1H3. The molecule has 0 amide bonds. The Labute approximate surface area is 103 Å². The fourth-order valence-electron chi connectivity index (χ4n) is 1.40. The number of nitrogens with one attached hydrogen (secondary N) is 1. The molecule has 1 N–H and O–H groups in total. The molecule has 0 unspecified atom stereocenters. The molecular weight excluding hydrogens is 236 g/mol. The molecule has 2 aromatic heterocycles. The molecule has 0 saturated heterocycles. The van der Waals surface area contributed by atoms with Crippen LogP contribution in [-0.2, 0) is 11.3 Å². The Kier molecular flexibility index (Phi) is 3.72. The van der Waals surface area contributed by atoms with Crippen molar-refractivity contribution in [1.29, 1.82) is 0 Å². The van der Waals surface area contributed by atoms with E-state index < -0.39 is 0 Å². The Morgan fingerprint density at radius 2 is 2.18 bits per heavy atom. The van der Waals surface area contributed by atoms with Gasteiger partial charge in [0.2, 0.25) is 0 Å². The molecule has 2 aromatic rings. The second kappa shape index (κ2) is 5.45. The number of esters is 1. The van der Waals surface area contributed by atoms with Crippen LogP contribution in [0.1, 0.15) is 15.9 Å². The van der Waals surface area contributed by atoms with Gasteiger partial charge in [-0.25, -0.2) is 4.79 Å². The van der Waals surface area contributed by atoms with Crippen LogP contribution in [-0.4, -0.2) is 18.1 Å². The molecule has 0 aliphatic heterocycles. The van der Waals surface area contributed by atoms with Crippen LogP contribution in [0.3, 0.4) is 0 Å². The quantitative estimate of drug-likeness (QED) is 0.845. The molecule has 0 aliphatic rings. The Hall–Kier alpha value is -1.88. The van der Waals surface area contributed by atoms with Gasteiger partial charge in [0.15, 0.2) is 0 Å². The van der Waals surface area contributed by atoms with Crippen LogP contribution in [0.4, 0.5) is 5.69 Å². The van der Waals surface area contributed by atoms with Crippen LogP contribution >= 0.6 is 11.3 Å². The zero-order valence-electron chi connectivity index (χ0n) is 9.34. The van der Waals surface area contributed by atoms with E-state index in [1.165, 1.54) is 18.4 Å². The Bertz CT molecular complexity index is 496. The molecule has 0 bridgehead atoms. The van der Waals surface area contributed by atoms with Gasteiger partial charge in [-0.05, 0) is 17.7 Å². The number of aromatic nitrogens is 1. The molecule has 0 aromatic carbocycles. The number of carbonyl (C=O) groups excluding carboxylic acids is 1. The van der Waals surface area contributed by atoms with Crippen molar-refractivity contribution in [3.63, 3.8) is 0 Å². The third-order valence-corrected chi connectivity index (χ3v) is 3.04. The van der Waals surface area contributed by atoms with E-state index in [4.69, 9.17) is 4.74 Å². The van der Waals surface area contributed by atoms with E-state index in [1.807, 2.05) is 17.5 Å². The molecule has 0 spiro atoms. The topological polar surface area (TPSA) is 51.2 Å². The van der Waals surface area contributed by atoms with Gasteiger partial charge >= 0.3 is 5.97 Å². The lowest BCUT2D eigenvalue weighted by Gasteiger charge is -2.06. The van der Waals surface area contributed by atoms with Crippen molar-refractivity contribution in [3.8, 4) is 0 Å². The monoisotopic (exact) mass is 248 g/mol. The number of hydrogen-bond acceptors (Lipinski definition) is 5. The van der Waals surface area contributed by atoms with Crippen molar-refractivity contribution in [2.24, 2.45) is 0 Å². The molecule has 2 rings (SSSR count). The first-order valence-electron chi connectivity index (χ1n) is 5.08. The van der Waals surface area contributed by atoms with E-state index in [1.54, 1.807) is 17.8 Å². The highest BCUT2D eigenvalue weighted by molar-refractivity contribution is 7.08. The first-order valence-corrected chi connectivity index (χ1v) is 6.03. The van der Waals surface area contributed by atoms with Crippen LogP contribution in [0.2, 0.25) is 0 Å². The number of ether oxygens (including phenoxy) is 1. The molecule has 0 saturated carbocycles. The van der Waals surface area contributed by atoms with Crippen LogP contribution in [0.5, 0.6) is 0 Å². The van der Waals surface area contributed by atoms with Gasteiger partial charge in [-0.2, -0.15) is 0 Å². The Morgan fingerprint density at radius 1 is 1.41 bits per heavy atom. The molecular formula is C12H12N2O2S. The summed E-state index contributed by atoms with van der Waals surface area (Å²) in [6.07, 6.45) is 3.48. The van der Waals surface area contributed by atoms with Gasteiger partial charge in [0, 0.05) is 29.7 Å². The molecule has 17 heavy (non-hydrogen) atoms. The van der Waals surface area contributed by atoms with E-state index in [9.17, 15) is 4.79 Å². The van der Waals surface area contributed by atoms with Gasteiger partial charge in [-0.15, -0.1) is 11.3 Å². The third-order valence-electron chi connectivity index (χ3n) is 2.30. The second-order valence-corrected chi connectivity index (χ2v) is 4.14. The molecule has 0 radical (unpaired) electrons. The number of anilines is 1. The van der Waals surface area contributed by atoms with Gasteiger partial charge < -0.3 is 10.1 Å².